The summed E-state index contributed by atoms with van der Waals surface area (Å²) < 4.78 is 0. The molecule has 0 fully saturated rings. The molecule has 178 valence electrons. The van der Waals surface area contributed by atoms with Gasteiger partial charge >= 0.3 is 38.9 Å². The summed E-state index contributed by atoms with van der Waals surface area (Å²) in [4.78, 5) is 0. The zero-order chi connectivity index (χ0) is 21.7. The summed E-state index contributed by atoms with van der Waals surface area (Å²) in [5.41, 5.74) is 0. The van der Waals surface area contributed by atoms with Crippen molar-refractivity contribution in [2.45, 2.75) is 0 Å². The Bertz CT molecular complexity index is 907. The van der Waals surface area contributed by atoms with Gasteiger partial charge in [-0.1, -0.05) is 72.8 Å². The van der Waals surface area contributed by atoms with E-state index in [0.29, 0.717) is 0 Å². The van der Waals surface area contributed by atoms with Crippen molar-refractivity contribution in [3.8, 4) is 0 Å². The standard InChI is InChI=1S/C26H24P2.Pd.4Se.W/c1-5-13-23(14-6-1)27(24-15-7-2-8-16-24)21-22-28(25-17-9-3-10-18-25)26-19-11-4-12-20-26;;;;;;/h1-20H,21-22H2;;;;;;/p+2. The van der Waals surface area contributed by atoms with Crippen molar-refractivity contribution >= 4 is 96.8 Å². The van der Waals surface area contributed by atoms with Crippen LogP contribution in [0.5, 0.6) is 0 Å². The summed E-state index contributed by atoms with van der Waals surface area (Å²) in [5, 5.41) is 6.06. The zero-order valence-electron chi connectivity index (χ0n) is 18.3. The molecule has 4 aromatic rings. The maximum Gasteiger partial charge on any atom is 0.101 e. The van der Waals surface area contributed by atoms with Crippen LogP contribution in [-0.4, -0.2) is 72.1 Å². The van der Waals surface area contributed by atoms with Gasteiger partial charge in [0.15, 0.2) is 0 Å². The molecule has 0 saturated heterocycles. The zero-order valence-corrected chi connectivity index (χ0v) is 31.7. The number of hydrogen-bond donors (Lipinski definition) is 0. The Morgan fingerprint density at radius 2 is 0.618 bits per heavy atom. The van der Waals surface area contributed by atoms with Gasteiger partial charge < -0.3 is 0 Å². The molecule has 0 saturated carbocycles. The summed E-state index contributed by atoms with van der Waals surface area (Å²) in [7, 11) is -1.57. The molecule has 0 amide bonds. The first-order valence-corrected chi connectivity index (χ1v) is 27.4. The van der Waals surface area contributed by atoms with E-state index in [2.05, 4.69) is 147 Å². The van der Waals surface area contributed by atoms with Crippen molar-refractivity contribution in [2.24, 2.45) is 0 Å². The van der Waals surface area contributed by atoms with Crippen molar-refractivity contribution in [1.82, 2.24) is 0 Å². The minimum Gasteiger partial charge on any atom is -0.0620 e. The van der Waals surface area contributed by atoms with Crippen LogP contribution in [0.3, 0.4) is 0 Å². The molecule has 0 N–H and O–H groups in total. The van der Waals surface area contributed by atoms with Crippen LogP contribution >= 0.6 is 15.8 Å². The summed E-state index contributed by atoms with van der Waals surface area (Å²) in [6.45, 7) is 0. The normalized spacial score (nSPS) is 9.47. The van der Waals surface area contributed by atoms with Crippen LogP contribution in [0.4, 0.5) is 0 Å². The molecule has 0 nitrogen and oxygen atoms in total. The first-order chi connectivity index (χ1) is 15.3. The van der Waals surface area contributed by atoms with Crippen LogP contribution in [-0.2, 0) is 33.7 Å². The van der Waals surface area contributed by atoms with Gasteiger partial charge in [0.1, 0.15) is 12.3 Å². The molecular weight excluding hydrogens is 980 g/mol. The van der Waals surface area contributed by atoms with Gasteiger partial charge in [-0.3, -0.25) is 0 Å². The third-order valence-corrected chi connectivity index (χ3v) is 11.2. The largest absolute Gasteiger partial charge is 0.101 e. The predicted molar refractivity (Wildman–Crippen MR) is 154 cm³/mol. The van der Waals surface area contributed by atoms with Crippen LogP contribution in [0.1, 0.15) is 0 Å². The van der Waals surface area contributed by atoms with E-state index in [9.17, 15) is 0 Å². The van der Waals surface area contributed by atoms with Crippen LogP contribution in [0.2, 0.25) is 0 Å². The van der Waals surface area contributed by atoms with Crippen molar-refractivity contribution in [3.63, 3.8) is 0 Å². The molecule has 0 aliphatic heterocycles. The third kappa shape index (κ3) is 11.7. The average molecular weight is 1010 g/mol. The van der Waals surface area contributed by atoms with Crippen LogP contribution in [0.25, 0.3) is 0 Å². The molecule has 4 aromatic carbocycles. The first-order valence-electron chi connectivity index (χ1n) is 10.2. The van der Waals surface area contributed by atoms with Crippen LogP contribution in [0, 0.1) is 0 Å². The van der Waals surface area contributed by atoms with Crippen molar-refractivity contribution in [1.29, 1.82) is 0 Å². The molecule has 0 unspecified atom stereocenters. The summed E-state index contributed by atoms with van der Waals surface area (Å²) in [6, 6.07) is 44.5. The fourth-order valence-corrected chi connectivity index (χ4v) is 9.92. The molecule has 8 heteroatoms. The molecule has 0 aromatic heterocycles. The maximum atomic E-state index is 2.92. The monoisotopic (exact) mass is 1010 g/mol. The SMILES string of the molecule is [Pd].[Se].[Se].[Se]=[W]=[Se].c1ccc([PH+](CC[PH+](c2ccccc2)c2ccccc2)c2ccccc2)cc1. The van der Waals surface area contributed by atoms with E-state index < -0.39 is 15.8 Å². The number of hydrogen-bond acceptors (Lipinski definition) is 0. The van der Waals surface area contributed by atoms with Gasteiger partial charge in [0.2, 0.25) is 0 Å². The molecular formula is C26H26P2PdSe4W+2. The molecule has 0 bridgehead atoms. The molecule has 4 rings (SSSR count). The van der Waals surface area contributed by atoms with Gasteiger partial charge in [-0.2, -0.15) is 0 Å². The minimum absolute atomic E-state index is 0. The second-order valence-corrected chi connectivity index (χ2v) is 27.2. The maximum absolute atomic E-state index is 2.92. The van der Waals surface area contributed by atoms with E-state index in [1.807, 2.05) is 0 Å². The fraction of sp³-hybridized carbons (Fsp3) is 0.0769. The van der Waals surface area contributed by atoms with Crippen molar-refractivity contribution in [3.05, 3.63) is 121 Å². The number of benzene rings is 4. The molecule has 0 heterocycles. The predicted octanol–water partition coefficient (Wildman–Crippen LogP) is 3.19. The van der Waals surface area contributed by atoms with E-state index in [-0.39, 0.29) is 67.8 Å². The smallest absolute Gasteiger partial charge is 0.0620 e. The second kappa shape index (κ2) is 21.1. The quantitative estimate of drug-likeness (QED) is 0.198. The van der Waals surface area contributed by atoms with Gasteiger partial charge in [0, 0.05) is 54.6 Å². The third-order valence-electron chi connectivity index (χ3n) is 5.11. The molecule has 4 radical (unpaired) electrons. The van der Waals surface area contributed by atoms with Gasteiger partial charge in [-0.25, -0.2) is 0 Å². The number of rotatable bonds is 7. The van der Waals surface area contributed by atoms with Crippen molar-refractivity contribution < 1.29 is 33.7 Å². The van der Waals surface area contributed by atoms with E-state index in [4.69, 9.17) is 0 Å². The van der Waals surface area contributed by atoms with E-state index in [1.165, 1.54) is 33.5 Å². The molecule has 0 aliphatic rings. The molecule has 34 heavy (non-hydrogen) atoms. The topological polar surface area (TPSA) is 0 Å². The van der Waals surface area contributed by atoms with Crippen LogP contribution in [0.15, 0.2) is 121 Å². The van der Waals surface area contributed by atoms with Crippen LogP contribution < -0.4 is 21.2 Å². The van der Waals surface area contributed by atoms with Gasteiger partial charge in [-0.05, 0) is 48.5 Å². The minimum atomic E-state index is -0.783. The van der Waals surface area contributed by atoms with Gasteiger partial charge in [-0.15, -0.1) is 0 Å². The second-order valence-electron chi connectivity index (χ2n) is 6.99. The van der Waals surface area contributed by atoms with E-state index in [1.54, 1.807) is 0 Å². The molecule has 0 aliphatic carbocycles. The Hall–Kier alpha value is 1.17. The first kappa shape index (κ1) is 35.2. The van der Waals surface area contributed by atoms with E-state index in [0.717, 1.165) is 0 Å². The fourth-order valence-electron chi connectivity index (χ4n) is 3.72. The average Bonchev–Trinajstić information content (AvgIpc) is 2.85. The van der Waals surface area contributed by atoms with E-state index >= 15 is 0 Å². The molecule has 0 atom stereocenters. The Balaban J connectivity index is 0.00000173. The Morgan fingerprint density at radius 3 is 0.794 bits per heavy atom. The Kier molecular flexibility index (Phi) is 21.9. The van der Waals surface area contributed by atoms with Crippen molar-refractivity contribution in [2.75, 3.05) is 12.3 Å². The van der Waals surface area contributed by atoms with Gasteiger partial charge in [0.05, 0.1) is 37.1 Å². The Labute approximate surface area is 261 Å². The van der Waals surface area contributed by atoms with Gasteiger partial charge in [0.25, 0.3) is 0 Å². The molecule has 0 spiro atoms. The summed E-state index contributed by atoms with van der Waals surface area (Å²) in [6.07, 6.45) is 2.52. The summed E-state index contributed by atoms with van der Waals surface area (Å²) >= 11 is 5.83. The summed E-state index contributed by atoms with van der Waals surface area (Å²) in [5.74, 6) is 0. The Morgan fingerprint density at radius 1 is 0.441 bits per heavy atom.